The Morgan fingerprint density at radius 3 is 2.89 bits per heavy atom. The summed E-state index contributed by atoms with van der Waals surface area (Å²) in [5.74, 6) is 0.727. The number of benzene rings is 1. The highest BCUT2D eigenvalue weighted by Gasteiger charge is 2.25. The molecule has 3 nitrogen and oxygen atoms in total. The van der Waals surface area contributed by atoms with Crippen molar-refractivity contribution >= 4 is 21.8 Å². The molecular weight excluding hydrogens is 304 g/mol. The lowest BCUT2D eigenvalue weighted by Gasteiger charge is -2.28. The monoisotopic (exact) mass is 324 g/mol. The number of piperidine rings is 1. The molecule has 1 fully saturated rings. The lowest BCUT2D eigenvalue weighted by atomic mass is 9.93. The van der Waals surface area contributed by atoms with E-state index in [0.717, 1.165) is 29.4 Å². The van der Waals surface area contributed by atoms with Crippen LogP contribution in [0.15, 0.2) is 28.7 Å². The van der Waals surface area contributed by atoms with Crippen LogP contribution in [0.25, 0.3) is 0 Å². The van der Waals surface area contributed by atoms with Crippen LogP contribution in [0.2, 0.25) is 0 Å². The molecule has 3 atom stereocenters. The van der Waals surface area contributed by atoms with Crippen molar-refractivity contribution in [3.8, 4) is 0 Å². The normalized spacial score (nSPS) is 24.8. The summed E-state index contributed by atoms with van der Waals surface area (Å²) in [4.78, 5) is 12.2. The van der Waals surface area contributed by atoms with Crippen molar-refractivity contribution in [3.05, 3.63) is 34.3 Å². The minimum atomic E-state index is -0.0475. The lowest BCUT2D eigenvalue weighted by molar-refractivity contribution is -0.124. The smallest absolute Gasteiger partial charge is 0.237 e. The average Bonchev–Trinajstić information content (AvgIpc) is 2.39. The predicted molar refractivity (Wildman–Crippen MR) is 80.9 cm³/mol. The van der Waals surface area contributed by atoms with Crippen molar-refractivity contribution in [2.75, 3.05) is 6.54 Å². The molecule has 104 valence electrons. The summed E-state index contributed by atoms with van der Waals surface area (Å²) in [5, 5.41) is 6.39. The summed E-state index contributed by atoms with van der Waals surface area (Å²) in [6, 6.07) is 7.97. The van der Waals surface area contributed by atoms with Gasteiger partial charge < -0.3 is 10.6 Å². The van der Waals surface area contributed by atoms with E-state index in [4.69, 9.17) is 0 Å². The Labute approximate surface area is 123 Å². The van der Waals surface area contributed by atoms with Gasteiger partial charge in [-0.2, -0.15) is 0 Å². The van der Waals surface area contributed by atoms with Crippen molar-refractivity contribution in [1.82, 2.24) is 10.6 Å². The van der Waals surface area contributed by atoms with Crippen LogP contribution in [0, 0.1) is 5.92 Å². The molecule has 1 amide bonds. The molecule has 1 aliphatic heterocycles. The van der Waals surface area contributed by atoms with Crippen LogP contribution in [0.5, 0.6) is 0 Å². The number of rotatable bonds is 3. The molecule has 2 N–H and O–H groups in total. The zero-order valence-corrected chi connectivity index (χ0v) is 13.0. The van der Waals surface area contributed by atoms with Crippen molar-refractivity contribution in [2.24, 2.45) is 5.92 Å². The largest absolute Gasteiger partial charge is 0.348 e. The highest BCUT2D eigenvalue weighted by molar-refractivity contribution is 9.10. The summed E-state index contributed by atoms with van der Waals surface area (Å²) in [6.45, 7) is 5.16. The topological polar surface area (TPSA) is 41.1 Å². The minimum Gasteiger partial charge on any atom is -0.348 e. The summed E-state index contributed by atoms with van der Waals surface area (Å²) >= 11 is 3.53. The number of amides is 1. The van der Waals surface area contributed by atoms with Crippen molar-refractivity contribution in [1.29, 1.82) is 0 Å². The van der Waals surface area contributed by atoms with Crippen LogP contribution >= 0.6 is 15.9 Å². The third-order valence-corrected chi connectivity index (χ3v) is 4.44. The Hall–Kier alpha value is -0.870. The van der Waals surface area contributed by atoms with Gasteiger partial charge in [-0.05, 0) is 43.9 Å². The molecule has 0 aliphatic carbocycles. The van der Waals surface area contributed by atoms with E-state index in [9.17, 15) is 4.79 Å². The second-order valence-electron chi connectivity index (χ2n) is 5.39. The number of hydrogen-bond acceptors (Lipinski definition) is 2. The van der Waals surface area contributed by atoms with E-state index in [1.807, 2.05) is 31.2 Å². The molecular formula is C15H21BrN2O. The fourth-order valence-electron chi connectivity index (χ4n) is 2.53. The standard InChI is InChI=1S/C15H21BrN2O/c1-10-7-8-17-14(9-10)15(19)18-11(2)12-5-3-4-6-13(12)16/h3-6,10-11,14,17H,7-9H2,1-2H3,(H,18,19). The van der Waals surface area contributed by atoms with Crippen molar-refractivity contribution in [3.63, 3.8) is 0 Å². The first-order valence-corrected chi connectivity index (χ1v) is 7.65. The first kappa shape index (κ1) is 14.5. The molecule has 0 radical (unpaired) electrons. The fraction of sp³-hybridized carbons (Fsp3) is 0.533. The SMILES string of the molecule is CC1CCNC(C(=O)NC(C)c2ccccc2Br)C1. The van der Waals surface area contributed by atoms with Gasteiger partial charge in [0, 0.05) is 4.47 Å². The number of carbonyl (C=O) groups is 1. The van der Waals surface area contributed by atoms with E-state index in [2.05, 4.69) is 33.5 Å². The van der Waals surface area contributed by atoms with Crippen molar-refractivity contribution in [2.45, 2.75) is 38.8 Å². The van der Waals surface area contributed by atoms with Gasteiger partial charge in [-0.1, -0.05) is 41.1 Å². The number of hydrogen-bond donors (Lipinski definition) is 2. The maximum atomic E-state index is 12.2. The molecule has 0 bridgehead atoms. The fourth-order valence-corrected chi connectivity index (χ4v) is 3.15. The molecule has 1 aromatic carbocycles. The van der Waals surface area contributed by atoms with Gasteiger partial charge in [0.05, 0.1) is 12.1 Å². The summed E-state index contributed by atoms with van der Waals surface area (Å²) in [5.41, 5.74) is 1.11. The molecule has 0 saturated carbocycles. The predicted octanol–water partition coefficient (Wildman–Crippen LogP) is 3.01. The second kappa shape index (κ2) is 6.53. The number of nitrogens with one attached hydrogen (secondary N) is 2. The molecule has 1 saturated heterocycles. The maximum absolute atomic E-state index is 12.2. The Morgan fingerprint density at radius 2 is 2.21 bits per heavy atom. The lowest BCUT2D eigenvalue weighted by Crippen LogP contribution is -2.48. The Bertz CT molecular complexity index is 450. The Balaban J connectivity index is 1.97. The molecule has 1 heterocycles. The molecule has 0 spiro atoms. The van der Waals surface area contributed by atoms with Crippen LogP contribution in [0.3, 0.4) is 0 Å². The highest BCUT2D eigenvalue weighted by Crippen LogP contribution is 2.23. The van der Waals surface area contributed by atoms with Gasteiger partial charge in [0.1, 0.15) is 0 Å². The first-order chi connectivity index (χ1) is 9.08. The van der Waals surface area contributed by atoms with E-state index in [-0.39, 0.29) is 18.0 Å². The quantitative estimate of drug-likeness (QED) is 0.897. The van der Waals surface area contributed by atoms with E-state index in [1.54, 1.807) is 0 Å². The number of carbonyl (C=O) groups excluding carboxylic acids is 1. The molecule has 3 unspecified atom stereocenters. The van der Waals surface area contributed by atoms with E-state index in [1.165, 1.54) is 0 Å². The van der Waals surface area contributed by atoms with Gasteiger partial charge in [-0.3, -0.25) is 4.79 Å². The highest BCUT2D eigenvalue weighted by atomic mass is 79.9. The minimum absolute atomic E-state index is 0.0158. The van der Waals surface area contributed by atoms with Crippen LogP contribution in [-0.2, 0) is 4.79 Å². The zero-order chi connectivity index (χ0) is 13.8. The average molecular weight is 325 g/mol. The number of halogens is 1. The zero-order valence-electron chi connectivity index (χ0n) is 11.4. The third-order valence-electron chi connectivity index (χ3n) is 3.71. The van der Waals surface area contributed by atoms with E-state index in [0.29, 0.717) is 5.92 Å². The molecule has 4 heteroatoms. The van der Waals surface area contributed by atoms with Crippen LogP contribution in [-0.4, -0.2) is 18.5 Å². The third kappa shape index (κ3) is 3.80. The van der Waals surface area contributed by atoms with E-state index < -0.39 is 0 Å². The maximum Gasteiger partial charge on any atom is 0.237 e. The molecule has 2 rings (SSSR count). The summed E-state index contributed by atoms with van der Waals surface area (Å²) in [6.07, 6.45) is 2.08. The summed E-state index contributed by atoms with van der Waals surface area (Å²) in [7, 11) is 0. The van der Waals surface area contributed by atoms with Gasteiger partial charge in [0.25, 0.3) is 0 Å². The Morgan fingerprint density at radius 1 is 1.47 bits per heavy atom. The first-order valence-electron chi connectivity index (χ1n) is 6.86. The van der Waals surface area contributed by atoms with Gasteiger partial charge in [-0.15, -0.1) is 0 Å². The molecule has 1 aromatic rings. The Kier molecular flexibility index (Phi) is 4.99. The van der Waals surface area contributed by atoms with Crippen molar-refractivity contribution < 1.29 is 4.79 Å². The van der Waals surface area contributed by atoms with Crippen LogP contribution in [0.4, 0.5) is 0 Å². The molecule has 19 heavy (non-hydrogen) atoms. The van der Waals surface area contributed by atoms with Gasteiger partial charge in [0.2, 0.25) is 5.91 Å². The van der Waals surface area contributed by atoms with Crippen LogP contribution < -0.4 is 10.6 Å². The van der Waals surface area contributed by atoms with Gasteiger partial charge in [0.15, 0.2) is 0 Å². The van der Waals surface area contributed by atoms with Gasteiger partial charge >= 0.3 is 0 Å². The molecule has 0 aromatic heterocycles. The summed E-state index contributed by atoms with van der Waals surface area (Å²) < 4.78 is 1.03. The second-order valence-corrected chi connectivity index (χ2v) is 6.24. The molecule has 1 aliphatic rings. The van der Waals surface area contributed by atoms with Gasteiger partial charge in [-0.25, -0.2) is 0 Å². The van der Waals surface area contributed by atoms with E-state index >= 15 is 0 Å². The van der Waals surface area contributed by atoms with Crippen LogP contribution in [0.1, 0.15) is 38.3 Å².